The lowest BCUT2D eigenvalue weighted by atomic mass is 9.92. The van der Waals surface area contributed by atoms with Crippen molar-refractivity contribution < 1.29 is 14.3 Å². The number of nitrogens with zero attached hydrogens (tertiary/aromatic N) is 1. The van der Waals surface area contributed by atoms with Crippen molar-refractivity contribution in [2.75, 3.05) is 13.1 Å². The van der Waals surface area contributed by atoms with E-state index in [0.29, 0.717) is 17.5 Å². The van der Waals surface area contributed by atoms with Crippen LogP contribution in [0.2, 0.25) is 5.02 Å². The highest BCUT2D eigenvalue weighted by molar-refractivity contribution is 6.30. The molecule has 0 radical (unpaired) electrons. The normalized spacial score (nSPS) is 17.3. The van der Waals surface area contributed by atoms with Crippen LogP contribution < -0.4 is 0 Å². The highest BCUT2D eigenvalue weighted by Crippen LogP contribution is 2.24. The summed E-state index contributed by atoms with van der Waals surface area (Å²) in [5, 5.41) is 9.11. The van der Waals surface area contributed by atoms with Gasteiger partial charge in [0.2, 0.25) is 0 Å². The van der Waals surface area contributed by atoms with Gasteiger partial charge in [0.25, 0.3) is 0 Å². The van der Waals surface area contributed by atoms with Crippen LogP contribution in [-0.2, 0) is 11.3 Å². The summed E-state index contributed by atoms with van der Waals surface area (Å²) in [6.07, 6.45) is 3.03. The van der Waals surface area contributed by atoms with Gasteiger partial charge in [-0.1, -0.05) is 11.6 Å². The molecular weight excluding hydrogens is 281 g/mol. The molecule has 1 fully saturated rings. The highest BCUT2D eigenvalue weighted by Gasteiger charge is 2.20. The summed E-state index contributed by atoms with van der Waals surface area (Å²) in [7, 11) is 0. The number of hydrogen-bond acceptors (Lipinski definition) is 2. The quantitative estimate of drug-likeness (QED) is 0.904. The SMILES string of the molecule is O=C(O)CCC1CCN(Cc2cc(F)cc(Cl)c2)CC1. The predicted molar refractivity (Wildman–Crippen MR) is 76.3 cm³/mol. The summed E-state index contributed by atoms with van der Waals surface area (Å²) in [6, 6.07) is 4.62. The molecule has 3 nitrogen and oxygen atoms in total. The van der Waals surface area contributed by atoms with Crippen LogP contribution in [0.15, 0.2) is 18.2 Å². The zero-order valence-corrected chi connectivity index (χ0v) is 12.1. The van der Waals surface area contributed by atoms with Crippen LogP contribution in [0.4, 0.5) is 4.39 Å². The summed E-state index contributed by atoms with van der Waals surface area (Å²) in [6.45, 7) is 2.56. The Kier molecular flexibility index (Phi) is 5.38. The minimum Gasteiger partial charge on any atom is -0.481 e. The fourth-order valence-electron chi connectivity index (χ4n) is 2.72. The van der Waals surface area contributed by atoms with E-state index in [4.69, 9.17) is 16.7 Å². The lowest BCUT2D eigenvalue weighted by molar-refractivity contribution is -0.137. The van der Waals surface area contributed by atoms with Crippen molar-refractivity contribution in [3.63, 3.8) is 0 Å². The molecule has 20 heavy (non-hydrogen) atoms. The molecule has 110 valence electrons. The standard InChI is InChI=1S/C15H19ClFNO2/c16-13-7-12(8-14(17)9-13)10-18-5-3-11(4-6-18)1-2-15(19)20/h7-9,11H,1-6,10H2,(H,19,20). The molecule has 0 atom stereocenters. The maximum Gasteiger partial charge on any atom is 0.303 e. The van der Waals surface area contributed by atoms with Gasteiger partial charge in [-0.3, -0.25) is 9.69 Å². The zero-order valence-electron chi connectivity index (χ0n) is 11.3. The summed E-state index contributed by atoms with van der Waals surface area (Å²) < 4.78 is 13.3. The summed E-state index contributed by atoms with van der Waals surface area (Å²) in [5.74, 6) is -0.524. The second-order valence-electron chi connectivity index (χ2n) is 5.43. The van der Waals surface area contributed by atoms with Crippen LogP contribution in [0.5, 0.6) is 0 Å². The van der Waals surface area contributed by atoms with Crippen molar-refractivity contribution >= 4 is 17.6 Å². The first-order valence-electron chi connectivity index (χ1n) is 6.92. The fraction of sp³-hybridized carbons (Fsp3) is 0.533. The van der Waals surface area contributed by atoms with E-state index in [1.165, 1.54) is 12.1 Å². The molecule has 2 rings (SSSR count). The third kappa shape index (κ3) is 4.76. The van der Waals surface area contributed by atoms with E-state index in [-0.39, 0.29) is 12.2 Å². The number of carboxylic acids is 1. The number of benzene rings is 1. The molecule has 1 aliphatic heterocycles. The average Bonchev–Trinajstić information content (AvgIpc) is 2.36. The van der Waals surface area contributed by atoms with E-state index >= 15 is 0 Å². The van der Waals surface area contributed by atoms with Crippen LogP contribution >= 0.6 is 11.6 Å². The molecule has 0 spiro atoms. The van der Waals surface area contributed by atoms with E-state index in [1.54, 1.807) is 6.07 Å². The molecule has 1 aromatic rings. The fourth-order valence-corrected chi connectivity index (χ4v) is 2.97. The minimum atomic E-state index is -0.721. The Hall–Kier alpha value is -1.13. The smallest absolute Gasteiger partial charge is 0.303 e. The molecular formula is C15H19ClFNO2. The first kappa shape index (κ1) is 15.3. The number of likely N-dealkylation sites (tertiary alicyclic amines) is 1. The van der Waals surface area contributed by atoms with Gasteiger partial charge in [-0.05, 0) is 62.0 Å². The third-order valence-electron chi connectivity index (χ3n) is 3.80. The van der Waals surface area contributed by atoms with Gasteiger partial charge >= 0.3 is 5.97 Å². The Balaban J connectivity index is 1.80. The molecule has 0 unspecified atom stereocenters. The van der Waals surface area contributed by atoms with Gasteiger partial charge in [0.05, 0.1) is 0 Å². The predicted octanol–water partition coefficient (Wildman–Crippen LogP) is 3.56. The molecule has 0 aliphatic carbocycles. The maximum atomic E-state index is 13.3. The van der Waals surface area contributed by atoms with Crippen molar-refractivity contribution in [2.24, 2.45) is 5.92 Å². The van der Waals surface area contributed by atoms with Crippen molar-refractivity contribution in [1.82, 2.24) is 4.90 Å². The van der Waals surface area contributed by atoms with Gasteiger partial charge in [0.1, 0.15) is 5.82 Å². The molecule has 0 bridgehead atoms. The van der Waals surface area contributed by atoms with Gasteiger partial charge in [0.15, 0.2) is 0 Å². The molecule has 0 amide bonds. The van der Waals surface area contributed by atoms with E-state index < -0.39 is 5.97 Å². The van der Waals surface area contributed by atoms with Crippen molar-refractivity contribution in [2.45, 2.75) is 32.2 Å². The van der Waals surface area contributed by atoms with Crippen LogP contribution in [0.25, 0.3) is 0 Å². The summed E-state index contributed by atoms with van der Waals surface area (Å²) in [5.41, 5.74) is 0.888. The number of piperidine rings is 1. The number of carboxylic acid groups (broad SMARTS) is 1. The zero-order chi connectivity index (χ0) is 14.5. The average molecular weight is 300 g/mol. The Bertz CT molecular complexity index is 453. The summed E-state index contributed by atoms with van der Waals surface area (Å²) >= 11 is 5.85. The Labute approximate surface area is 123 Å². The monoisotopic (exact) mass is 299 g/mol. The molecule has 0 saturated carbocycles. The van der Waals surface area contributed by atoms with Crippen molar-refractivity contribution in [3.05, 3.63) is 34.6 Å². The lowest BCUT2D eigenvalue weighted by Crippen LogP contribution is -2.33. The first-order valence-corrected chi connectivity index (χ1v) is 7.30. The number of hydrogen-bond donors (Lipinski definition) is 1. The van der Waals surface area contributed by atoms with E-state index in [9.17, 15) is 9.18 Å². The number of aliphatic carboxylic acids is 1. The van der Waals surface area contributed by atoms with Gasteiger partial charge in [-0.15, -0.1) is 0 Å². The minimum absolute atomic E-state index is 0.254. The molecule has 1 saturated heterocycles. The molecule has 0 aromatic heterocycles. The maximum absolute atomic E-state index is 13.3. The number of carbonyl (C=O) groups is 1. The Morgan fingerprint density at radius 1 is 1.35 bits per heavy atom. The van der Waals surface area contributed by atoms with Crippen molar-refractivity contribution in [3.8, 4) is 0 Å². The van der Waals surface area contributed by atoms with E-state index in [2.05, 4.69) is 4.90 Å². The van der Waals surface area contributed by atoms with Gasteiger partial charge in [-0.2, -0.15) is 0 Å². The van der Waals surface area contributed by atoms with E-state index in [0.717, 1.165) is 37.9 Å². The van der Waals surface area contributed by atoms with E-state index in [1.807, 2.05) is 0 Å². The largest absolute Gasteiger partial charge is 0.481 e. The second-order valence-corrected chi connectivity index (χ2v) is 5.87. The highest BCUT2D eigenvalue weighted by atomic mass is 35.5. The van der Waals surface area contributed by atoms with Crippen LogP contribution in [0.1, 0.15) is 31.2 Å². The van der Waals surface area contributed by atoms with Gasteiger partial charge in [0, 0.05) is 18.0 Å². The number of halogens is 2. The molecule has 5 heteroatoms. The Morgan fingerprint density at radius 2 is 2.05 bits per heavy atom. The molecule has 1 aromatic carbocycles. The third-order valence-corrected chi connectivity index (χ3v) is 4.02. The lowest BCUT2D eigenvalue weighted by Gasteiger charge is -2.31. The summed E-state index contributed by atoms with van der Waals surface area (Å²) in [4.78, 5) is 12.8. The topological polar surface area (TPSA) is 40.5 Å². The van der Waals surface area contributed by atoms with Crippen molar-refractivity contribution in [1.29, 1.82) is 0 Å². The Morgan fingerprint density at radius 3 is 2.65 bits per heavy atom. The van der Waals surface area contributed by atoms with Gasteiger partial charge < -0.3 is 5.11 Å². The van der Waals surface area contributed by atoms with Crippen LogP contribution in [0.3, 0.4) is 0 Å². The van der Waals surface area contributed by atoms with Crippen LogP contribution in [-0.4, -0.2) is 29.1 Å². The first-order chi connectivity index (χ1) is 9.52. The second kappa shape index (κ2) is 7.04. The van der Waals surface area contributed by atoms with Crippen LogP contribution in [0, 0.1) is 11.7 Å². The molecule has 1 aliphatic rings. The molecule has 1 N–H and O–H groups in total. The van der Waals surface area contributed by atoms with Gasteiger partial charge in [-0.25, -0.2) is 4.39 Å². The molecule has 1 heterocycles. The number of rotatable bonds is 5.